The minimum absolute atomic E-state index is 0.121. The van der Waals surface area contributed by atoms with Crippen LogP contribution < -0.4 is 5.32 Å². The molecule has 2 N–H and O–H groups in total. The van der Waals surface area contributed by atoms with Crippen LogP contribution in [0.15, 0.2) is 42.5 Å². The van der Waals surface area contributed by atoms with E-state index in [2.05, 4.69) is 5.32 Å². The van der Waals surface area contributed by atoms with Gasteiger partial charge in [-0.3, -0.25) is 9.69 Å². The lowest BCUT2D eigenvalue weighted by molar-refractivity contribution is -0.132. The van der Waals surface area contributed by atoms with Crippen molar-refractivity contribution in [2.45, 2.75) is 69.6 Å². The largest absolute Gasteiger partial charge is 0.444 e. The number of benzene rings is 2. The van der Waals surface area contributed by atoms with Gasteiger partial charge in [0.2, 0.25) is 0 Å². The summed E-state index contributed by atoms with van der Waals surface area (Å²) in [4.78, 5) is 28.7. The van der Waals surface area contributed by atoms with Crippen molar-refractivity contribution in [2.24, 2.45) is 0 Å². The summed E-state index contributed by atoms with van der Waals surface area (Å²) in [5.41, 5.74) is -0.917. The van der Waals surface area contributed by atoms with Gasteiger partial charge in [0.05, 0.1) is 11.5 Å². The molecular formula is C26H34N2O4. The predicted octanol–water partition coefficient (Wildman–Crippen LogP) is 4.01. The number of hydrogen-bond donors (Lipinski definition) is 2. The minimum atomic E-state index is -1.11. The highest BCUT2D eigenvalue weighted by Gasteiger charge is 2.49. The lowest BCUT2D eigenvalue weighted by Crippen LogP contribution is -2.60. The molecule has 2 aliphatic rings. The Hall–Kier alpha value is -2.44. The number of Topliss-reactive ketones (excluding diaryl/α,β-unsaturated/α-hetero) is 1. The molecule has 2 aromatic carbocycles. The second-order valence-electron chi connectivity index (χ2n) is 10.1. The van der Waals surface area contributed by atoms with E-state index < -0.39 is 29.3 Å². The number of carbonyl (C=O) groups is 2. The van der Waals surface area contributed by atoms with Crippen molar-refractivity contribution >= 4 is 22.6 Å². The lowest BCUT2D eigenvalue weighted by atomic mass is 9.74. The fraction of sp³-hybridized carbons (Fsp3) is 0.538. The van der Waals surface area contributed by atoms with Crippen molar-refractivity contribution in [1.82, 2.24) is 10.2 Å². The first kappa shape index (κ1) is 22.7. The monoisotopic (exact) mass is 438 g/mol. The molecule has 1 saturated heterocycles. The maximum Gasteiger partial charge on any atom is 0.410 e. The average Bonchev–Trinajstić information content (AvgIpc) is 3.20. The first-order chi connectivity index (χ1) is 15.2. The van der Waals surface area contributed by atoms with Crippen LogP contribution in [-0.4, -0.2) is 58.8 Å². The zero-order valence-corrected chi connectivity index (χ0v) is 19.3. The van der Waals surface area contributed by atoms with E-state index in [9.17, 15) is 14.7 Å². The topological polar surface area (TPSA) is 78.9 Å². The molecule has 1 heterocycles. The summed E-state index contributed by atoms with van der Waals surface area (Å²) in [7, 11) is 0. The summed E-state index contributed by atoms with van der Waals surface area (Å²) < 4.78 is 5.61. The first-order valence-corrected chi connectivity index (χ1v) is 11.6. The molecule has 1 amide bonds. The number of carbonyl (C=O) groups excluding carboxylic acids is 2. The minimum Gasteiger partial charge on any atom is -0.444 e. The number of amides is 1. The van der Waals surface area contributed by atoms with Crippen molar-refractivity contribution < 1.29 is 19.4 Å². The van der Waals surface area contributed by atoms with Crippen molar-refractivity contribution in [3.05, 3.63) is 48.0 Å². The quantitative estimate of drug-likeness (QED) is 0.754. The molecular weight excluding hydrogens is 404 g/mol. The van der Waals surface area contributed by atoms with Crippen molar-refractivity contribution in [1.29, 1.82) is 0 Å². The van der Waals surface area contributed by atoms with Crippen LogP contribution in [-0.2, 0) is 9.53 Å². The molecule has 2 fully saturated rings. The Morgan fingerprint density at radius 3 is 2.53 bits per heavy atom. The van der Waals surface area contributed by atoms with Gasteiger partial charge >= 0.3 is 6.09 Å². The van der Waals surface area contributed by atoms with Crippen LogP contribution in [0.25, 0.3) is 10.8 Å². The van der Waals surface area contributed by atoms with Crippen molar-refractivity contribution in [3.8, 4) is 0 Å². The summed E-state index contributed by atoms with van der Waals surface area (Å²) in [6.07, 6.45) is 2.47. The maximum absolute atomic E-state index is 14.2. The van der Waals surface area contributed by atoms with E-state index in [1.54, 1.807) is 4.90 Å². The summed E-state index contributed by atoms with van der Waals surface area (Å²) >= 11 is 0. The molecule has 1 aliphatic carbocycles. The number of ketones is 1. The van der Waals surface area contributed by atoms with Crippen LogP contribution in [0.3, 0.4) is 0 Å². The highest BCUT2D eigenvalue weighted by molar-refractivity contribution is 5.98. The van der Waals surface area contributed by atoms with Crippen LogP contribution in [0.2, 0.25) is 0 Å². The predicted molar refractivity (Wildman–Crippen MR) is 125 cm³/mol. The summed E-state index contributed by atoms with van der Waals surface area (Å²) in [5, 5.41) is 17.0. The Morgan fingerprint density at radius 1 is 1.12 bits per heavy atom. The van der Waals surface area contributed by atoms with Crippen molar-refractivity contribution in [2.75, 3.05) is 19.6 Å². The van der Waals surface area contributed by atoms with Gasteiger partial charge in [0.15, 0.2) is 5.78 Å². The molecule has 0 bridgehead atoms. The Labute approximate surface area is 189 Å². The van der Waals surface area contributed by atoms with Gasteiger partial charge in [0.25, 0.3) is 0 Å². The van der Waals surface area contributed by atoms with Crippen LogP contribution in [0.1, 0.15) is 57.9 Å². The highest BCUT2D eigenvalue weighted by Crippen LogP contribution is 2.44. The van der Waals surface area contributed by atoms with Crippen molar-refractivity contribution in [3.63, 3.8) is 0 Å². The fourth-order valence-corrected chi connectivity index (χ4v) is 5.18. The molecule has 4 rings (SSSR count). The second-order valence-corrected chi connectivity index (χ2v) is 10.1. The number of nitrogens with zero attached hydrogens (tertiary/aromatic N) is 1. The average molecular weight is 439 g/mol. The van der Waals surface area contributed by atoms with Gasteiger partial charge in [-0.05, 0) is 49.9 Å². The lowest BCUT2D eigenvalue weighted by Gasteiger charge is -2.41. The summed E-state index contributed by atoms with van der Waals surface area (Å²) in [5.74, 6) is -0.824. The highest BCUT2D eigenvalue weighted by atomic mass is 16.6. The number of nitrogens with one attached hydrogen (secondary N) is 1. The van der Waals surface area contributed by atoms with Gasteiger partial charge in [0.1, 0.15) is 11.6 Å². The van der Waals surface area contributed by atoms with Gasteiger partial charge in [-0.25, -0.2) is 4.79 Å². The van der Waals surface area contributed by atoms with Crippen LogP contribution in [0.5, 0.6) is 0 Å². The fourth-order valence-electron chi connectivity index (χ4n) is 5.18. The van der Waals surface area contributed by atoms with Crippen LogP contribution in [0.4, 0.5) is 4.79 Å². The van der Waals surface area contributed by atoms with Gasteiger partial charge in [-0.2, -0.15) is 0 Å². The number of rotatable bonds is 4. The van der Waals surface area contributed by atoms with E-state index in [1.807, 2.05) is 63.2 Å². The number of ether oxygens (including phenoxy) is 1. The molecule has 0 aromatic heterocycles. The Kier molecular flexibility index (Phi) is 6.28. The second kappa shape index (κ2) is 8.83. The third kappa shape index (κ3) is 4.52. The number of fused-ring (bicyclic) bond motifs is 1. The molecule has 1 saturated carbocycles. The Bertz CT molecular complexity index is 985. The van der Waals surface area contributed by atoms with Gasteiger partial charge in [0, 0.05) is 19.6 Å². The van der Waals surface area contributed by atoms with Crippen LogP contribution >= 0.6 is 0 Å². The zero-order valence-electron chi connectivity index (χ0n) is 19.3. The Balaban J connectivity index is 1.75. The van der Waals surface area contributed by atoms with E-state index in [-0.39, 0.29) is 5.78 Å². The van der Waals surface area contributed by atoms with E-state index >= 15 is 0 Å². The molecule has 0 radical (unpaired) electrons. The van der Waals surface area contributed by atoms with E-state index in [1.165, 1.54) is 0 Å². The first-order valence-electron chi connectivity index (χ1n) is 11.6. The zero-order chi connectivity index (χ0) is 22.9. The third-order valence-electron chi connectivity index (χ3n) is 6.63. The van der Waals surface area contributed by atoms with E-state index in [4.69, 9.17) is 4.74 Å². The molecule has 32 heavy (non-hydrogen) atoms. The molecule has 6 nitrogen and oxygen atoms in total. The van der Waals surface area contributed by atoms with Gasteiger partial charge in [-0.1, -0.05) is 55.3 Å². The SMILES string of the molecule is CC(C)(C)OC(=O)N1CCNCC1C(=O)C(c1cccc2ccccc12)C1(O)CCCC1. The van der Waals surface area contributed by atoms with Crippen LogP contribution in [0, 0.1) is 0 Å². The maximum atomic E-state index is 14.2. The smallest absolute Gasteiger partial charge is 0.410 e. The Morgan fingerprint density at radius 2 is 1.81 bits per heavy atom. The van der Waals surface area contributed by atoms with E-state index in [0.717, 1.165) is 29.2 Å². The molecule has 6 heteroatoms. The van der Waals surface area contributed by atoms with Gasteiger partial charge in [-0.15, -0.1) is 0 Å². The molecule has 0 spiro atoms. The molecule has 2 unspecified atom stereocenters. The third-order valence-corrected chi connectivity index (χ3v) is 6.63. The standard InChI is InChI=1S/C26H34N2O4/c1-25(2,3)32-24(30)28-16-15-27-17-21(28)23(29)22(26(31)13-6-7-14-26)20-12-8-10-18-9-4-5-11-19(18)20/h4-5,8-12,21-22,27,31H,6-7,13-17H2,1-3H3. The number of piperazine rings is 1. The number of aliphatic hydroxyl groups is 1. The molecule has 2 atom stereocenters. The normalized spacial score (nSPS) is 22.0. The van der Waals surface area contributed by atoms with Gasteiger partial charge < -0.3 is 15.2 Å². The summed E-state index contributed by atoms with van der Waals surface area (Å²) in [6.45, 7) is 6.83. The molecule has 1 aliphatic heterocycles. The molecule has 2 aromatic rings. The molecule has 172 valence electrons. The number of hydrogen-bond acceptors (Lipinski definition) is 5. The summed E-state index contributed by atoms with van der Waals surface area (Å²) in [6, 6.07) is 13.2. The van der Waals surface area contributed by atoms with E-state index in [0.29, 0.717) is 32.5 Å².